The summed E-state index contributed by atoms with van der Waals surface area (Å²) < 4.78 is 4.17. The topological polar surface area (TPSA) is 34.8 Å². The van der Waals surface area contributed by atoms with Crippen molar-refractivity contribution in [2.24, 2.45) is 0 Å². The van der Waals surface area contributed by atoms with Crippen molar-refractivity contribution in [3.8, 4) is 0 Å². The molecule has 2 heterocycles. The van der Waals surface area contributed by atoms with Gasteiger partial charge in [-0.15, -0.1) is 0 Å². The van der Waals surface area contributed by atoms with E-state index in [2.05, 4.69) is 58.9 Å². The average Bonchev–Trinajstić information content (AvgIpc) is 2.86. The number of aryl methyl sites for hydroxylation is 3. The van der Waals surface area contributed by atoms with Crippen LogP contribution in [0.1, 0.15) is 30.4 Å². The SMILES string of the molecule is CCCn1nccc1CNn1c(C)ccc1C. The van der Waals surface area contributed by atoms with Crippen molar-refractivity contribution in [2.75, 3.05) is 5.43 Å². The molecule has 0 amide bonds. The Labute approximate surface area is 102 Å². The fourth-order valence-corrected chi connectivity index (χ4v) is 2.00. The Hall–Kier alpha value is -1.71. The van der Waals surface area contributed by atoms with E-state index in [0.717, 1.165) is 19.5 Å². The lowest BCUT2D eigenvalue weighted by molar-refractivity contribution is 0.571. The number of hydrogen-bond donors (Lipinski definition) is 1. The summed E-state index contributed by atoms with van der Waals surface area (Å²) in [7, 11) is 0. The van der Waals surface area contributed by atoms with E-state index in [1.807, 2.05) is 6.20 Å². The fraction of sp³-hybridized carbons (Fsp3) is 0.462. The minimum atomic E-state index is 0.802. The Morgan fingerprint density at radius 1 is 1.18 bits per heavy atom. The maximum absolute atomic E-state index is 4.32. The summed E-state index contributed by atoms with van der Waals surface area (Å²) in [5.74, 6) is 0. The smallest absolute Gasteiger partial charge is 0.0733 e. The maximum Gasteiger partial charge on any atom is 0.0733 e. The molecule has 17 heavy (non-hydrogen) atoms. The highest BCUT2D eigenvalue weighted by Gasteiger charge is 2.03. The van der Waals surface area contributed by atoms with Crippen LogP contribution in [0.25, 0.3) is 0 Å². The van der Waals surface area contributed by atoms with Crippen LogP contribution in [-0.2, 0) is 13.1 Å². The number of hydrogen-bond acceptors (Lipinski definition) is 2. The van der Waals surface area contributed by atoms with Crippen LogP contribution in [0.3, 0.4) is 0 Å². The van der Waals surface area contributed by atoms with Crippen molar-refractivity contribution in [3.05, 3.63) is 41.5 Å². The number of nitrogens with zero attached hydrogens (tertiary/aromatic N) is 3. The zero-order valence-corrected chi connectivity index (χ0v) is 10.8. The van der Waals surface area contributed by atoms with Crippen LogP contribution < -0.4 is 5.43 Å². The summed E-state index contributed by atoms with van der Waals surface area (Å²) >= 11 is 0. The zero-order chi connectivity index (χ0) is 12.3. The van der Waals surface area contributed by atoms with E-state index in [0.29, 0.717) is 0 Å². The lowest BCUT2D eigenvalue weighted by Crippen LogP contribution is -2.19. The van der Waals surface area contributed by atoms with Gasteiger partial charge in [-0.1, -0.05) is 6.92 Å². The van der Waals surface area contributed by atoms with Crippen LogP contribution in [0.4, 0.5) is 0 Å². The first-order valence-electron chi connectivity index (χ1n) is 6.12. The molecule has 2 aromatic heterocycles. The van der Waals surface area contributed by atoms with Gasteiger partial charge in [0.2, 0.25) is 0 Å². The second-order valence-electron chi connectivity index (χ2n) is 4.33. The first kappa shape index (κ1) is 11.8. The van der Waals surface area contributed by atoms with Crippen LogP contribution >= 0.6 is 0 Å². The summed E-state index contributed by atoms with van der Waals surface area (Å²) in [5, 5.41) is 4.32. The average molecular weight is 232 g/mol. The van der Waals surface area contributed by atoms with E-state index >= 15 is 0 Å². The molecule has 4 nitrogen and oxygen atoms in total. The summed E-state index contributed by atoms with van der Waals surface area (Å²) in [6.45, 7) is 8.15. The van der Waals surface area contributed by atoms with Crippen molar-refractivity contribution in [2.45, 2.75) is 40.3 Å². The summed E-state index contributed by atoms with van der Waals surface area (Å²) in [6.07, 6.45) is 2.97. The first-order valence-corrected chi connectivity index (χ1v) is 6.12. The maximum atomic E-state index is 4.32. The van der Waals surface area contributed by atoms with Gasteiger partial charge in [0, 0.05) is 24.1 Å². The lowest BCUT2D eigenvalue weighted by atomic mass is 10.4. The van der Waals surface area contributed by atoms with Gasteiger partial charge in [-0.05, 0) is 38.5 Å². The van der Waals surface area contributed by atoms with Crippen molar-refractivity contribution < 1.29 is 0 Å². The Bertz CT molecular complexity index is 462. The molecule has 0 atom stereocenters. The monoisotopic (exact) mass is 232 g/mol. The van der Waals surface area contributed by atoms with E-state index < -0.39 is 0 Å². The Morgan fingerprint density at radius 3 is 2.53 bits per heavy atom. The van der Waals surface area contributed by atoms with Crippen LogP contribution in [0.5, 0.6) is 0 Å². The fourth-order valence-electron chi connectivity index (χ4n) is 2.00. The van der Waals surface area contributed by atoms with Crippen molar-refractivity contribution in [1.29, 1.82) is 0 Å². The quantitative estimate of drug-likeness (QED) is 0.859. The molecule has 0 fully saturated rings. The summed E-state index contributed by atoms with van der Waals surface area (Å²) in [4.78, 5) is 0. The minimum absolute atomic E-state index is 0.802. The van der Waals surface area contributed by atoms with Crippen molar-refractivity contribution in [3.63, 3.8) is 0 Å². The molecule has 0 bridgehead atoms. The van der Waals surface area contributed by atoms with Crippen LogP contribution in [0, 0.1) is 13.8 Å². The van der Waals surface area contributed by atoms with Gasteiger partial charge in [0.1, 0.15) is 0 Å². The number of rotatable bonds is 5. The molecule has 2 rings (SSSR count). The van der Waals surface area contributed by atoms with Crippen LogP contribution in [-0.4, -0.2) is 14.5 Å². The first-order chi connectivity index (χ1) is 8.22. The molecular formula is C13H20N4. The van der Waals surface area contributed by atoms with Gasteiger partial charge in [0.15, 0.2) is 0 Å². The molecule has 0 aromatic carbocycles. The normalized spacial score (nSPS) is 10.8. The molecule has 2 aromatic rings. The molecule has 92 valence electrons. The van der Waals surface area contributed by atoms with Crippen LogP contribution in [0.2, 0.25) is 0 Å². The van der Waals surface area contributed by atoms with Gasteiger partial charge in [0.25, 0.3) is 0 Å². The van der Waals surface area contributed by atoms with E-state index in [4.69, 9.17) is 0 Å². The second-order valence-corrected chi connectivity index (χ2v) is 4.33. The molecule has 1 N–H and O–H groups in total. The van der Waals surface area contributed by atoms with E-state index in [-0.39, 0.29) is 0 Å². The molecule has 4 heteroatoms. The second kappa shape index (κ2) is 5.08. The van der Waals surface area contributed by atoms with Crippen LogP contribution in [0.15, 0.2) is 24.4 Å². The molecule has 0 spiro atoms. The molecule has 0 radical (unpaired) electrons. The van der Waals surface area contributed by atoms with Gasteiger partial charge >= 0.3 is 0 Å². The predicted octanol–water partition coefficient (Wildman–Crippen LogP) is 2.46. The van der Waals surface area contributed by atoms with Gasteiger partial charge in [0.05, 0.1) is 12.2 Å². The lowest BCUT2D eigenvalue weighted by Gasteiger charge is -2.13. The number of nitrogens with one attached hydrogen (secondary N) is 1. The Kier molecular flexibility index (Phi) is 3.52. The van der Waals surface area contributed by atoms with Gasteiger partial charge < -0.3 is 5.43 Å². The van der Waals surface area contributed by atoms with Crippen molar-refractivity contribution in [1.82, 2.24) is 14.5 Å². The third-order valence-corrected chi connectivity index (χ3v) is 2.93. The highest BCUT2D eigenvalue weighted by atomic mass is 15.4. The molecular weight excluding hydrogens is 212 g/mol. The third kappa shape index (κ3) is 2.52. The Morgan fingerprint density at radius 2 is 1.88 bits per heavy atom. The minimum Gasteiger partial charge on any atom is -0.320 e. The molecule has 0 saturated heterocycles. The third-order valence-electron chi connectivity index (χ3n) is 2.93. The summed E-state index contributed by atoms with van der Waals surface area (Å²) in [5.41, 5.74) is 7.09. The molecule has 0 aliphatic heterocycles. The molecule has 0 aliphatic carbocycles. The zero-order valence-electron chi connectivity index (χ0n) is 10.8. The highest BCUT2D eigenvalue weighted by Crippen LogP contribution is 2.06. The largest absolute Gasteiger partial charge is 0.320 e. The predicted molar refractivity (Wildman–Crippen MR) is 69.5 cm³/mol. The summed E-state index contributed by atoms with van der Waals surface area (Å²) in [6, 6.07) is 6.30. The van der Waals surface area contributed by atoms with E-state index in [9.17, 15) is 0 Å². The molecule has 0 saturated carbocycles. The standard InChI is InChI=1S/C13H20N4/c1-4-9-16-13(7-8-14-16)10-15-17-11(2)5-6-12(17)3/h5-8,15H,4,9-10H2,1-3H3. The number of aromatic nitrogens is 3. The van der Waals surface area contributed by atoms with Gasteiger partial charge in [-0.25, -0.2) is 0 Å². The van der Waals surface area contributed by atoms with Gasteiger partial charge in [-0.3, -0.25) is 9.36 Å². The Balaban J connectivity index is 2.05. The van der Waals surface area contributed by atoms with Gasteiger partial charge in [-0.2, -0.15) is 5.10 Å². The van der Waals surface area contributed by atoms with E-state index in [1.54, 1.807) is 0 Å². The molecule has 0 aliphatic rings. The van der Waals surface area contributed by atoms with E-state index in [1.165, 1.54) is 17.1 Å². The highest BCUT2D eigenvalue weighted by molar-refractivity contribution is 5.16. The molecule has 0 unspecified atom stereocenters. The van der Waals surface area contributed by atoms with Crippen molar-refractivity contribution >= 4 is 0 Å².